The Hall–Kier alpha value is -1.73. The van der Waals surface area contributed by atoms with Gasteiger partial charge < -0.3 is 14.7 Å². The zero-order valence-corrected chi connectivity index (χ0v) is 12.9. The van der Waals surface area contributed by atoms with Crippen molar-refractivity contribution in [2.75, 3.05) is 18.1 Å². The van der Waals surface area contributed by atoms with Crippen LogP contribution in [0, 0.1) is 0 Å². The molecule has 21 heavy (non-hydrogen) atoms. The third-order valence-corrected chi connectivity index (χ3v) is 3.53. The average Bonchev–Trinajstić information content (AvgIpc) is 2.64. The van der Waals surface area contributed by atoms with Gasteiger partial charge in [0.1, 0.15) is 0 Å². The number of carbonyl (C=O) groups excluding carboxylic acids is 3. The van der Waals surface area contributed by atoms with Crippen LogP contribution in [0.4, 0.5) is 5.69 Å². The molecule has 0 saturated carbocycles. The first-order chi connectivity index (χ1) is 9.93. The van der Waals surface area contributed by atoms with E-state index in [1.54, 1.807) is 25.1 Å². The first kappa shape index (κ1) is 15.7. The molecule has 0 aliphatic carbocycles. The maximum atomic E-state index is 12.0. The first-order valence-electron chi connectivity index (χ1n) is 6.43. The van der Waals surface area contributed by atoms with E-state index in [0.29, 0.717) is 15.7 Å². The lowest BCUT2D eigenvalue weighted by Crippen LogP contribution is -2.37. The maximum absolute atomic E-state index is 12.0. The molecule has 1 N–H and O–H groups in total. The summed E-state index contributed by atoms with van der Waals surface area (Å²) in [5.74, 6) is -1.86. The number of halogens is 1. The molecule has 1 heterocycles. The number of aliphatic hydroxyl groups is 1. The number of nitrogens with zero attached hydrogens (tertiary/aromatic N) is 1. The number of aliphatic hydroxyl groups excluding tert-OH is 1. The van der Waals surface area contributed by atoms with E-state index in [2.05, 4.69) is 15.9 Å². The number of carbonyl (C=O) groups is 3. The summed E-state index contributed by atoms with van der Waals surface area (Å²) in [5, 5.41) is 9.89. The Morgan fingerprint density at radius 3 is 2.81 bits per heavy atom. The molecule has 0 fully saturated rings. The zero-order valence-electron chi connectivity index (χ0n) is 11.3. The average molecular weight is 356 g/mol. The van der Waals surface area contributed by atoms with E-state index in [0.717, 1.165) is 0 Å². The number of Topliss-reactive ketones (excluding diaryl/α,β-unsaturated/α-hetero) is 1. The Morgan fingerprint density at radius 1 is 1.43 bits per heavy atom. The van der Waals surface area contributed by atoms with Crippen LogP contribution in [-0.4, -0.2) is 42.0 Å². The molecule has 7 heteroatoms. The molecular formula is C14H14BrNO5. The molecule has 0 saturated heterocycles. The summed E-state index contributed by atoms with van der Waals surface area (Å²) in [4.78, 5) is 36.3. The second-order valence-corrected chi connectivity index (χ2v) is 5.48. The Balaban J connectivity index is 2.14. The number of ether oxygens (including phenoxy) is 1. The number of amides is 1. The highest BCUT2D eigenvalue weighted by molar-refractivity contribution is 9.10. The Kier molecular flexibility index (Phi) is 4.74. The Labute approximate surface area is 129 Å². The van der Waals surface area contributed by atoms with Gasteiger partial charge in [0.05, 0.1) is 36.9 Å². The summed E-state index contributed by atoms with van der Waals surface area (Å²) < 4.78 is 5.45. The van der Waals surface area contributed by atoms with E-state index in [1.165, 1.54) is 4.90 Å². The summed E-state index contributed by atoms with van der Waals surface area (Å²) in [6.45, 7) is 1.76. The van der Waals surface area contributed by atoms with Crippen molar-refractivity contribution in [2.24, 2.45) is 0 Å². The van der Waals surface area contributed by atoms with E-state index >= 15 is 0 Å². The van der Waals surface area contributed by atoms with Crippen molar-refractivity contribution >= 4 is 39.3 Å². The molecule has 112 valence electrons. The normalized spacial score (nSPS) is 15.1. The molecule has 1 unspecified atom stereocenters. The van der Waals surface area contributed by atoms with Crippen molar-refractivity contribution in [1.29, 1.82) is 0 Å². The van der Waals surface area contributed by atoms with Gasteiger partial charge in [0, 0.05) is 4.47 Å². The van der Waals surface area contributed by atoms with Crippen LogP contribution in [0.1, 0.15) is 23.7 Å². The first-order valence-corrected chi connectivity index (χ1v) is 7.22. The van der Waals surface area contributed by atoms with Gasteiger partial charge >= 0.3 is 5.97 Å². The van der Waals surface area contributed by atoms with E-state index in [9.17, 15) is 19.5 Å². The summed E-state index contributed by atoms with van der Waals surface area (Å²) >= 11 is 3.27. The SMILES string of the molecule is CCOC(=O)CC(O)CN1C(=O)C(=O)c2ccc(Br)cc21. The standard InChI is InChI=1S/C14H14BrNO5/c1-2-21-12(18)6-9(17)7-16-11-5-8(15)3-4-10(11)13(19)14(16)20/h3-5,9,17H,2,6-7H2,1H3. The fourth-order valence-electron chi connectivity index (χ4n) is 2.14. The number of β-amino-alcohol motifs (C(OH)–C–C–N with tert-alkyl or cyclic N) is 1. The van der Waals surface area contributed by atoms with Crippen LogP contribution in [0.15, 0.2) is 22.7 Å². The molecule has 1 aliphatic rings. The van der Waals surface area contributed by atoms with Crippen molar-refractivity contribution < 1.29 is 24.2 Å². The van der Waals surface area contributed by atoms with Crippen molar-refractivity contribution in [2.45, 2.75) is 19.4 Å². The largest absolute Gasteiger partial charge is 0.466 e. The molecule has 0 aromatic heterocycles. The lowest BCUT2D eigenvalue weighted by molar-refractivity contribution is -0.145. The van der Waals surface area contributed by atoms with Gasteiger partial charge in [-0.05, 0) is 25.1 Å². The van der Waals surface area contributed by atoms with Gasteiger partial charge in [-0.1, -0.05) is 15.9 Å². The second-order valence-electron chi connectivity index (χ2n) is 4.57. The van der Waals surface area contributed by atoms with Gasteiger partial charge in [0.25, 0.3) is 11.7 Å². The number of hydrogen-bond acceptors (Lipinski definition) is 5. The summed E-state index contributed by atoms with van der Waals surface area (Å²) in [5.41, 5.74) is 0.730. The molecule has 0 bridgehead atoms. The molecule has 1 atom stereocenters. The molecule has 6 nitrogen and oxygen atoms in total. The summed E-state index contributed by atoms with van der Waals surface area (Å²) in [7, 11) is 0. The van der Waals surface area contributed by atoms with Crippen molar-refractivity contribution in [3.63, 3.8) is 0 Å². The van der Waals surface area contributed by atoms with Gasteiger partial charge in [-0.15, -0.1) is 0 Å². The molecule has 1 aromatic rings. The van der Waals surface area contributed by atoms with Crippen molar-refractivity contribution in [1.82, 2.24) is 0 Å². The minimum Gasteiger partial charge on any atom is -0.466 e. The Bertz CT molecular complexity index is 601. The molecule has 1 aromatic carbocycles. The minimum atomic E-state index is -1.09. The van der Waals surface area contributed by atoms with Crippen LogP contribution in [0.2, 0.25) is 0 Å². The van der Waals surface area contributed by atoms with Crippen LogP contribution >= 0.6 is 15.9 Å². The smallest absolute Gasteiger partial charge is 0.308 e. The highest BCUT2D eigenvalue weighted by Crippen LogP contribution is 2.31. The molecule has 0 spiro atoms. The zero-order chi connectivity index (χ0) is 15.6. The third-order valence-electron chi connectivity index (χ3n) is 3.04. The van der Waals surface area contributed by atoms with Gasteiger partial charge in [0.15, 0.2) is 0 Å². The number of esters is 1. The van der Waals surface area contributed by atoms with Crippen molar-refractivity contribution in [3.05, 3.63) is 28.2 Å². The fraction of sp³-hybridized carbons (Fsp3) is 0.357. The highest BCUT2D eigenvalue weighted by Gasteiger charge is 2.37. The van der Waals surface area contributed by atoms with Crippen LogP contribution < -0.4 is 4.90 Å². The van der Waals surface area contributed by atoms with E-state index in [1.807, 2.05) is 0 Å². The predicted octanol–water partition coefficient (Wildman–Crippen LogP) is 1.29. The van der Waals surface area contributed by atoms with Crippen LogP contribution in [0.5, 0.6) is 0 Å². The van der Waals surface area contributed by atoms with Gasteiger partial charge in [0.2, 0.25) is 0 Å². The number of anilines is 1. The fourth-order valence-corrected chi connectivity index (χ4v) is 2.49. The van der Waals surface area contributed by atoms with E-state index in [4.69, 9.17) is 4.74 Å². The Morgan fingerprint density at radius 2 is 2.14 bits per heavy atom. The number of benzene rings is 1. The minimum absolute atomic E-state index is 0.132. The number of hydrogen-bond donors (Lipinski definition) is 1. The quantitative estimate of drug-likeness (QED) is 0.635. The summed E-state index contributed by atoms with van der Waals surface area (Å²) in [6, 6.07) is 4.86. The monoisotopic (exact) mass is 355 g/mol. The molecule has 1 amide bonds. The lowest BCUT2D eigenvalue weighted by atomic mass is 10.1. The van der Waals surface area contributed by atoms with E-state index in [-0.39, 0.29) is 19.6 Å². The highest BCUT2D eigenvalue weighted by atomic mass is 79.9. The number of rotatable bonds is 5. The molecule has 2 rings (SSSR count). The molecular weight excluding hydrogens is 342 g/mol. The van der Waals surface area contributed by atoms with Gasteiger partial charge in [-0.3, -0.25) is 14.4 Å². The van der Waals surface area contributed by atoms with Crippen LogP contribution in [0.25, 0.3) is 0 Å². The maximum Gasteiger partial charge on any atom is 0.308 e. The van der Waals surface area contributed by atoms with Gasteiger partial charge in [-0.2, -0.15) is 0 Å². The second kappa shape index (κ2) is 6.36. The van der Waals surface area contributed by atoms with Crippen molar-refractivity contribution in [3.8, 4) is 0 Å². The lowest BCUT2D eigenvalue weighted by Gasteiger charge is -2.20. The number of fused-ring (bicyclic) bond motifs is 1. The van der Waals surface area contributed by atoms with Crippen LogP contribution in [0.3, 0.4) is 0 Å². The number of ketones is 1. The van der Waals surface area contributed by atoms with Crippen LogP contribution in [-0.2, 0) is 14.3 Å². The molecule has 1 aliphatic heterocycles. The predicted molar refractivity (Wildman–Crippen MR) is 78.1 cm³/mol. The summed E-state index contributed by atoms with van der Waals surface area (Å²) in [6.07, 6.45) is -1.32. The third kappa shape index (κ3) is 3.30. The van der Waals surface area contributed by atoms with E-state index < -0.39 is 23.8 Å². The molecule has 0 radical (unpaired) electrons. The van der Waals surface area contributed by atoms with Gasteiger partial charge in [-0.25, -0.2) is 0 Å². The topological polar surface area (TPSA) is 83.9 Å².